The first-order valence-corrected chi connectivity index (χ1v) is 7.01. The van der Waals surface area contributed by atoms with Crippen molar-refractivity contribution in [3.63, 3.8) is 0 Å². The molecule has 5 heteroatoms. The smallest absolute Gasteiger partial charge is 0.134 e. The number of aryl methyl sites for hydroxylation is 1. The van der Waals surface area contributed by atoms with Crippen molar-refractivity contribution in [3.05, 3.63) is 11.9 Å². The molecule has 2 rings (SSSR count). The zero-order chi connectivity index (χ0) is 13.8. The summed E-state index contributed by atoms with van der Waals surface area (Å²) in [4.78, 5) is 13.3. The monoisotopic (exact) mass is 263 g/mol. The van der Waals surface area contributed by atoms with Gasteiger partial charge in [0.25, 0.3) is 0 Å². The lowest BCUT2D eigenvalue weighted by Crippen LogP contribution is -2.37. The Hall–Kier alpha value is -1.36. The molecule has 1 aromatic heterocycles. The van der Waals surface area contributed by atoms with E-state index < -0.39 is 0 Å². The lowest BCUT2D eigenvalue weighted by molar-refractivity contribution is 0.380. The molecule has 1 unspecified atom stereocenters. The third kappa shape index (κ3) is 3.80. The molecule has 0 bridgehead atoms. The molecule has 0 radical (unpaired) electrons. The van der Waals surface area contributed by atoms with Gasteiger partial charge in [-0.3, -0.25) is 0 Å². The number of hydrogen-bond donors (Lipinski definition) is 1. The second-order valence-corrected chi connectivity index (χ2v) is 5.62. The van der Waals surface area contributed by atoms with Crippen molar-refractivity contribution in [1.29, 1.82) is 0 Å². The molecule has 106 valence electrons. The van der Waals surface area contributed by atoms with Gasteiger partial charge in [0, 0.05) is 33.8 Å². The molecule has 0 amide bonds. The molecular weight excluding hydrogens is 238 g/mol. The van der Waals surface area contributed by atoms with Gasteiger partial charge in [-0.25, -0.2) is 9.97 Å². The number of nitrogens with one attached hydrogen (secondary N) is 1. The largest absolute Gasteiger partial charge is 0.363 e. The van der Waals surface area contributed by atoms with Crippen LogP contribution in [-0.2, 0) is 0 Å². The molecule has 0 spiro atoms. The minimum Gasteiger partial charge on any atom is -0.363 e. The topological polar surface area (TPSA) is 44.3 Å². The van der Waals surface area contributed by atoms with Crippen molar-refractivity contribution >= 4 is 11.6 Å². The zero-order valence-corrected chi connectivity index (χ0v) is 12.5. The average molecular weight is 263 g/mol. The van der Waals surface area contributed by atoms with Gasteiger partial charge in [-0.15, -0.1) is 0 Å². The molecule has 0 saturated carbocycles. The number of hydrogen-bond acceptors (Lipinski definition) is 5. The number of piperidine rings is 1. The van der Waals surface area contributed by atoms with Crippen molar-refractivity contribution in [2.75, 3.05) is 50.6 Å². The van der Waals surface area contributed by atoms with Gasteiger partial charge in [-0.05, 0) is 38.8 Å². The van der Waals surface area contributed by atoms with Crippen LogP contribution in [0.4, 0.5) is 11.6 Å². The second kappa shape index (κ2) is 6.19. The third-order valence-electron chi connectivity index (χ3n) is 3.59. The summed E-state index contributed by atoms with van der Waals surface area (Å²) in [6.45, 7) is 5.29. The van der Waals surface area contributed by atoms with E-state index in [1.807, 2.05) is 25.9 Å². The Morgan fingerprint density at radius 1 is 1.26 bits per heavy atom. The van der Waals surface area contributed by atoms with Crippen LogP contribution in [0.15, 0.2) is 6.07 Å². The zero-order valence-electron chi connectivity index (χ0n) is 12.5. The van der Waals surface area contributed by atoms with Gasteiger partial charge in [0.05, 0.1) is 0 Å². The van der Waals surface area contributed by atoms with Crippen LogP contribution in [0.25, 0.3) is 0 Å². The molecule has 1 aliphatic heterocycles. The average Bonchev–Trinajstić information content (AvgIpc) is 2.39. The summed E-state index contributed by atoms with van der Waals surface area (Å²) in [6.07, 6.45) is 2.59. The molecule has 1 fully saturated rings. The fourth-order valence-electron chi connectivity index (χ4n) is 2.52. The van der Waals surface area contributed by atoms with Crippen molar-refractivity contribution in [1.82, 2.24) is 15.3 Å². The van der Waals surface area contributed by atoms with Crippen LogP contribution in [0.3, 0.4) is 0 Å². The van der Waals surface area contributed by atoms with E-state index in [-0.39, 0.29) is 0 Å². The maximum Gasteiger partial charge on any atom is 0.134 e. The molecule has 1 saturated heterocycles. The molecule has 0 aliphatic carbocycles. The summed E-state index contributed by atoms with van der Waals surface area (Å²) >= 11 is 0. The Labute approximate surface area is 116 Å². The van der Waals surface area contributed by atoms with Gasteiger partial charge in [-0.1, -0.05) is 0 Å². The maximum absolute atomic E-state index is 4.55. The highest BCUT2D eigenvalue weighted by Gasteiger charge is 2.16. The molecule has 1 atom stereocenters. The summed E-state index contributed by atoms with van der Waals surface area (Å²) in [5, 5.41) is 3.46. The van der Waals surface area contributed by atoms with Crippen LogP contribution in [-0.4, -0.2) is 50.7 Å². The summed E-state index contributed by atoms with van der Waals surface area (Å²) in [5.41, 5.74) is 0. The number of nitrogens with zero attached hydrogens (tertiary/aromatic N) is 4. The van der Waals surface area contributed by atoms with E-state index in [4.69, 9.17) is 0 Å². The van der Waals surface area contributed by atoms with Crippen molar-refractivity contribution in [3.8, 4) is 0 Å². The van der Waals surface area contributed by atoms with Crippen molar-refractivity contribution in [2.24, 2.45) is 5.92 Å². The van der Waals surface area contributed by atoms with E-state index in [2.05, 4.69) is 33.3 Å². The van der Waals surface area contributed by atoms with Crippen molar-refractivity contribution in [2.45, 2.75) is 19.8 Å². The predicted octanol–water partition coefficient (Wildman–Crippen LogP) is 1.29. The van der Waals surface area contributed by atoms with Gasteiger partial charge in [-0.2, -0.15) is 0 Å². The third-order valence-corrected chi connectivity index (χ3v) is 3.59. The Kier molecular flexibility index (Phi) is 4.58. The summed E-state index contributed by atoms with van der Waals surface area (Å²) in [7, 11) is 6.14. The second-order valence-electron chi connectivity index (χ2n) is 5.62. The number of rotatable bonds is 4. The first-order valence-electron chi connectivity index (χ1n) is 7.01. The minimum absolute atomic E-state index is 0.719. The summed E-state index contributed by atoms with van der Waals surface area (Å²) in [5.74, 6) is 3.53. The van der Waals surface area contributed by atoms with Crippen LogP contribution in [0.1, 0.15) is 18.7 Å². The van der Waals surface area contributed by atoms with E-state index in [0.29, 0.717) is 0 Å². The van der Waals surface area contributed by atoms with E-state index in [1.54, 1.807) is 0 Å². The van der Waals surface area contributed by atoms with E-state index in [1.165, 1.54) is 12.8 Å². The quantitative estimate of drug-likeness (QED) is 0.887. The highest BCUT2D eigenvalue weighted by Crippen LogP contribution is 2.19. The van der Waals surface area contributed by atoms with Gasteiger partial charge >= 0.3 is 0 Å². The molecule has 2 heterocycles. The lowest BCUT2D eigenvalue weighted by atomic mass is 9.99. The molecule has 1 aliphatic rings. The fraction of sp³-hybridized carbons (Fsp3) is 0.714. The highest BCUT2D eigenvalue weighted by atomic mass is 15.2. The minimum atomic E-state index is 0.719. The first kappa shape index (κ1) is 14.1. The Morgan fingerprint density at radius 3 is 2.63 bits per heavy atom. The maximum atomic E-state index is 4.55. The van der Waals surface area contributed by atoms with Gasteiger partial charge < -0.3 is 15.1 Å². The molecule has 19 heavy (non-hydrogen) atoms. The van der Waals surface area contributed by atoms with Crippen LogP contribution < -0.4 is 15.1 Å². The fourth-order valence-corrected chi connectivity index (χ4v) is 2.52. The first-order chi connectivity index (χ1) is 9.06. The molecular formula is C14H25N5. The van der Waals surface area contributed by atoms with Gasteiger partial charge in [0.15, 0.2) is 0 Å². The Bertz CT molecular complexity index is 412. The van der Waals surface area contributed by atoms with Crippen LogP contribution in [0, 0.1) is 12.8 Å². The Morgan fingerprint density at radius 2 is 2.00 bits per heavy atom. The summed E-state index contributed by atoms with van der Waals surface area (Å²) in [6, 6.07) is 2.06. The number of anilines is 2. The highest BCUT2D eigenvalue weighted by molar-refractivity contribution is 5.49. The molecule has 1 aromatic rings. The molecule has 5 nitrogen and oxygen atoms in total. The SMILES string of the molecule is Cc1nc(N(C)C)cc(N(C)CC2CCCNC2)n1. The Balaban J connectivity index is 2.07. The van der Waals surface area contributed by atoms with Gasteiger partial charge in [0.2, 0.25) is 0 Å². The summed E-state index contributed by atoms with van der Waals surface area (Å²) < 4.78 is 0. The predicted molar refractivity (Wildman–Crippen MR) is 80.0 cm³/mol. The van der Waals surface area contributed by atoms with Crippen LogP contribution in [0.2, 0.25) is 0 Å². The van der Waals surface area contributed by atoms with E-state index >= 15 is 0 Å². The van der Waals surface area contributed by atoms with E-state index in [0.717, 1.165) is 43.0 Å². The van der Waals surface area contributed by atoms with Crippen molar-refractivity contribution < 1.29 is 0 Å². The number of aromatic nitrogens is 2. The lowest BCUT2D eigenvalue weighted by Gasteiger charge is -2.28. The van der Waals surface area contributed by atoms with Crippen LogP contribution >= 0.6 is 0 Å². The molecule has 1 N–H and O–H groups in total. The normalized spacial score (nSPS) is 19.3. The van der Waals surface area contributed by atoms with E-state index in [9.17, 15) is 0 Å². The van der Waals surface area contributed by atoms with Crippen LogP contribution in [0.5, 0.6) is 0 Å². The van der Waals surface area contributed by atoms with Gasteiger partial charge in [0.1, 0.15) is 17.5 Å². The molecule has 0 aromatic carbocycles. The standard InChI is InChI=1S/C14H25N5/c1-11-16-13(18(2)3)8-14(17-11)19(4)10-12-6-5-7-15-9-12/h8,12,15H,5-7,9-10H2,1-4H3.